The molecule has 3 aromatic rings. The fraction of sp³-hybridized carbons (Fsp3) is 0.585. The van der Waals surface area contributed by atoms with Gasteiger partial charge in [0, 0.05) is 104 Å². The number of alkyl halides is 2. The molecule has 0 aromatic heterocycles. The summed E-state index contributed by atoms with van der Waals surface area (Å²) in [5.41, 5.74) is 2.33. The average Bonchev–Trinajstić information content (AvgIpc) is 1.55. The van der Waals surface area contributed by atoms with Crippen LogP contribution in [0.4, 0.5) is 34.5 Å². The number of aliphatic hydroxyl groups excluding tert-OH is 1. The molecule has 111 heavy (non-hydrogen) atoms. The lowest BCUT2D eigenvalue weighted by atomic mass is 9.44. The van der Waals surface area contributed by atoms with Crippen LogP contribution in [0.3, 0.4) is 0 Å². The third-order valence-corrected chi connectivity index (χ3v) is 22.3. The summed E-state index contributed by atoms with van der Waals surface area (Å²) in [4.78, 5) is 137. The van der Waals surface area contributed by atoms with Gasteiger partial charge in [0.1, 0.15) is 12.8 Å². The number of nitrogens with zero attached hydrogens (tertiary/aromatic N) is 3. The number of halogens is 2. The highest BCUT2D eigenvalue weighted by Crippen LogP contribution is 2.72. The molecule has 4 aliphatic carbocycles. The van der Waals surface area contributed by atoms with Crippen LogP contribution in [-0.4, -0.2) is 215 Å². The second kappa shape index (κ2) is 39.9. The molecule has 4 fully saturated rings. The predicted molar refractivity (Wildman–Crippen MR) is 404 cm³/mol. The van der Waals surface area contributed by atoms with Gasteiger partial charge in [-0.3, -0.25) is 33.6 Å². The van der Waals surface area contributed by atoms with E-state index >= 15 is 8.78 Å². The van der Waals surface area contributed by atoms with Crippen molar-refractivity contribution < 1.29 is 99.7 Å². The molecule has 0 radical (unpaired) electrons. The third-order valence-electron chi connectivity index (χ3n) is 22.3. The number of para-hydroxylation sites is 1. The van der Waals surface area contributed by atoms with Crippen LogP contribution in [-0.2, 0) is 84.6 Å². The normalized spacial score (nSPS) is 24.4. The molecule has 0 bridgehead atoms. The Kier molecular flexibility index (Phi) is 30.9. The highest BCUT2D eigenvalue weighted by molar-refractivity contribution is 6.02. The maximum atomic E-state index is 18.0. The van der Waals surface area contributed by atoms with E-state index in [0.717, 1.165) is 22.8 Å². The molecular formula is C82H108F2N8O19. The number of fused-ring (bicyclic) bond motifs is 9. The first kappa shape index (κ1) is 86.0. The van der Waals surface area contributed by atoms with Crippen molar-refractivity contribution >= 4 is 70.6 Å². The molecule has 604 valence electrons. The third kappa shape index (κ3) is 20.8. The number of ether oxygens (including phenoxy) is 8. The first-order valence-electron chi connectivity index (χ1n) is 38.7. The lowest BCUT2D eigenvalue weighted by molar-refractivity contribution is -0.234. The first-order chi connectivity index (χ1) is 53.2. The number of primary amides is 1. The van der Waals surface area contributed by atoms with E-state index in [9.17, 15) is 53.1 Å². The minimum absolute atomic E-state index is 0.0131. The van der Waals surface area contributed by atoms with E-state index in [1.54, 1.807) is 63.8 Å². The minimum Gasteiger partial charge on any atom is -0.445 e. The highest BCUT2D eigenvalue weighted by Gasteiger charge is 2.80. The van der Waals surface area contributed by atoms with Crippen molar-refractivity contribution in [3.05, 3.63) is 119 Å². The van der Waals surface area contributed by atoms with Gasteiger partial charge in [-0.2, -0.15) is 0 Å². The van der Waals surface area contributed by atoms with E-state index in [1.807, 2.05) is 55.5 Å². The summed E-state index contributed by atoms with van der Waals surface area (Å²) >= 11 is 0. The lowest BCUT2D eigenvalue weighted by Gasteiger charge is -2.63. The number of carbonyl (C=O) groups excluding carboxylic acids is 10. The molecule has 1 unspecified atom stereocenters. The number of urea groups is 1. The van der Waals surface area contributed by atoms with Gasteiger partial charge in [0.2, 0.25) is 29.4 Å². The summed E-state index contributed by atoms with van der Waals surface area (Å²) in [6, 6.07) is 20.0. The Morgan fingerprint density at radius 2 is 1.40 bits per heavy atom. The number of hydrogen-bond acceptors (Lipinski definition) is 19. The largest absolute Gasteiger partial charge is 0.445 e. The van der Waals surface area contributed by atoms with Gasteiger partial charge in [-0.1, -0.05) is 94.5 Å². The van der Waals surface area contributed by atoms with Crippen molar-refractivity contribution in [3.63, 3.8) is 0 Å². The maximum absolute atomic E-state index is 18.0. The number of rotatable bonds is 41. The SMILES string of the molecule is CCCC1O[C@@H]2C[C@H]3[C@@H]4C[C@H](F)C5=CC(=O)C=C[C@]5(C)[C@@]4(F)[C@@H](O)C[C@]3(C)[C@]2(C(=O)COC(=O)N(CC)CCN(CC)C(=O)OCc2ccc(NC(=O)[C@H](CCCNC(N)=O)CC(=O)[C@@H](NC(=O)CCOCCOCCOCCOCCNC(=O)CCC(=O)N3Cc4ccccc4C#Cc4ccccc43)C(C)C)cc2)O1. The van der Waals surface area contributed by atoms with Crippen LogP contribution in [0, 0.1) is 46.3 Å². The van der Waals surface area contributed by atoms with Gasteiger partial charge in [0.15, 0.2) is 35.7 Å². The number of allylic oxidation sites excluding steroid dienone is 4. The smallest absolute Gasteiger partial charge is 0.410 e. The second-order valence-corrected chi connectivity index (χ2v) is 29.7. The molecule has 6 aliphatic rings. The van der Waals surface area contributed by atoms with Crippen molar-refractivity contribution in [3.8, 4) is 11.8 Å². The van der Waals surface area contributed by atoms with Crippen LogP contribution in [0.5, 0.6) is 0 Å². The minimum atomic E-state index is -2.40. The highest BCUT2D eigenvalue weighted by atomic mass is 19.1. The van der Waals surface area contributed by atoms with Crippen molar-refractivity contribution in [2.75, 3.05) is 109 Å². The zero-order chi connectivity index (χ0) is 80.0. The Balaban J connectivity index is 0.645. The number of ketones is 3. The Labute approximate surface area is 647 Å². The molecular weight excluding hydrogens is 1440 g/mol. The number of Topliss-reactive ketones (excluding diaryl/α,β-unsaturated/α-hetero) is 2. The maximum Gasteiger partial charge on any atom is 0.410 e. The number of hydrogen-bond donors (Lipinski definition) is 6. The molecule has 3 aromatic carbocycles. The fourth-order valence-corrected chi connectivity index (χ4v) is 16.3. The number of aliphatic hydroxyl groups is 1. The number of amides is 8. The standard InChI is InChI=1S/C82H108F2N8O19/c1-8-16-73-110-69-48-61-62-47-64(83)63-46-60(93)30-32-79(63,6)81(62,84)67(95)49-80(61,7)82(69,111-73)68(96)52-109-78(103)91(10-3)36-35-90(9-2)77(102)108-51-54-22-26-59(27-23-54)88-75(100)57(20-15-33-87-76(85)101)45-66(94)74(53(4)5)89-71(98)31-37-104-39-41-106-43-44-107-42-40-105-38-34-86-70(97)28-29-72(99)92-50-58-19-12-11-17-55(58)24-25-56-18-13-14-21-65(56)92/h11-14,17-19,21-23,26-27,30,32,46,53,57,61-62,64,67,69,73-74,95H,8-10,15-16,20,28-29,31,33-45,47-52H2,1-7H3,(H,86,97)(H,88,100)(H,89,98)(H3,85,87,101)/t57-,61+,62+,64+,67+,69-,73?,74+,79+,80+,81+,82-/m1/s1. The van der Waals surface area contributed by atoms with Gasteiger partial charge in [0.05, 0.1) is 83.3 Å². The molecule has 2 aliphatic heterocycles. The van der Waals surface area contributed by atoms with Gasteiger partial charge < -0.3 is 84.7 Å². The Hall–Kier alpha value is -9.02. The van der Waals surface area contributed by atoms with Crippen molar-refractivity contribution in [1.29, 1.82) is 0 Å². The van der Waals surface area contributed by atoms with Gasteiger partial charge in [-0.25, -0.2) is 23.2 Å². The second-order valence-electron chi connectivity index (χ2n) is 29.7. The van der Waals surface area contributed by atoms with E-state index in [-0.39, 0.29) is 159 Å². The van der Waals surface area contributed by atoms with Gasteiger partial charge in [-0.15, -0.1) is 0 Å². The van der Waals surface area contributed by atoms with E-state index in [0.29, 0.717) is 62.6 Å². The average molecular weight is 1550 g/mol. The molecule has 9 rings (SSSR count). The monoisotopic (exact) mass is 1550 g/mol. The van der Waals surface area contributed by atoms with Crippen LogP contribution < -0.4 is 31.9 Å². The number of nitrogens with one attached hydrogen (secondary N) is 4. The first-order valence-corrected chi connectivity index (χ1v) is 38.7. The Bertz CT molecular complexity index is 3930. The summed E-state index contributed by atoms with van der Waals surface area (Å²) in [6.07, 6.45) is -2.17. The number of carbonyl (C=O) groups is 10. The quantitative estimate of drug-likeness (QED) is 0.0230. The molecule has 12 atom stereocenters. The Morgan fingerprint density at radius 3 is 2.06 bits per heavy atom. The molecule has 1 saturated heterocycles. The zero-order valence-corrected chi connectivity index (χ0v) is 64.6. The van der Waals surface area contributed by atoms with Crippen LogP contribution in [0.15, 0.2) is 96.6 Å². The summed E-state index contributed by atoms with van der Waals surface area (Å²) in [5, 5.41) is 22.9. The van der Waals surface area contributed by atoms with Crippen LogP contribution in [0.25, 0.3) is 0 Å². The molecule has 3 saturated carbocycles. The van der Waals surface area contributed by atoms with E-state index < -0.39 is 119 Å². The predicted octanol–water partition coefficient (Wildman–Crippen LogP) is 8.28. The van der Waals surface area contributed by atoms with E-state index in [1.165, 1.54) is 28.9 Å². The van der Waals surface area contributed by atoms with Crippen molar-refractivity contribution in [2.45, 2.75) is 174 Å². The molecule has 0 spiro atoms. The van der Waals surface area contributed by atoms with Crippen molar-refractivity contribution in [1.82, 2.24) is 25.8 Å². The number of likely N-dealkylation sites (N-methyl/N-ethyl adjacent to an activating group) is 2. The van der Waals surface area contributed by atoms with Crippen LogP contribution in [0.1, 0.15) is 141 Å². The molecule has 7 N–H and O–H groups in total. The van der Waals surface area contributed by atoms with E-state index in [4.69, 9.17) is 43.6 Å². The van der Waals surface area contributed by atoms with Crippen molar-refractivity contribution in [2.24, 2.45) is 40.2 Å². The lowest BCUT2D eigenvalue weighted by Crippen LogP contribution is -2.71. The summed E-state index contributed by atoms with van der Waals surface area (Å²) in [5.74, 6) is 0.525. The molecule has 8 amide bonds. The molecule has 27 nitrogen and oxygen atoms in total. The summed E-state index contributed by atoms with van der Waals surface area (Å²) < 4.78 is 81.0. The summed E-state index contributed by atoms with van der Waals surface area (Å²) in [6.45, 7) is 14.2. The van der Waals surface area contributed by atoms with E-state index in [2.05, 4.69) is 33.1 Å². The number of nitrogens with two attached hydrogens (primary N) is 1. The number of anilines is 2. The van der Waals surface area contributed by atoms with Gasteiger partial charge >= 0.3 is 18.2 Å². The molecule has 2 heterocycles. The van der Waals surface area contributed by atoms with Crippen LogP contribution >= 0.6 is 0 Å². The summed E-state index contributed by atoms with van der Waals surface area (Å²) in [7, 11) is 0. The zero-order valence-electron chi connectivity index (χ0n) is 64.6. The van der Waals surface area contributed by atoms with Crippen LogP contribution in [0.2, 0.25) is 0 Å². The number of benzene rings is 3. The van der Waals surface area contributed by atoms with Gasteiger partial charge in [0.25, 0.3) is 0 Å². The fourth-order valence-electron chi connectivity index (χ4n) is 16.3. The molecule has 29 heteroatoms. The topological polar surface area (TPSA) is 349 Å². The Morgan fingerprint density at radius 1 is 0.757 bits per heavy atom. The van der Waals surface area contributed by atoms with Gasteiger partial charge in [-0.05, 0) is 130 Å².